The zero-order valence-corrected chi connectivity index (χ0v) is 19.2. The van der Waals surface area contributed by atoms with Gasteiger partial charge in [0.05, 0.1) is 18.1 Å². The van der Waals surface area contributed by atoms with Gasteiger partial charge < -0.3 is 14.7 Å². The molecule has 0 spiro atoms. The van der Waals surface area contributed by atoms with Gasteiger partial charge in [-0.1, -0.05) is 34.9 Å². The molecule has 2 saturated heterocycles. The second-order valence-electron chi connectivity index (χ2n) is 7.17. The maximum Gasteiger partial charge on any atom is 0.356 e. The molecule has 0 saturated carbocycles. The zero-order chi connectivity index (χ0) is 22.6. The third-order valence-corrected chi connectivity index (χ3v) is 8.23. The number of hydrogen-bond donors (Lipinski definition) is 1. The first-order valence-electron chi connectivity index (χ1n) is 9.39. The Balaban J connectivity index is 1.31. The molecule has 2 fully saturated rings. The Morgan fingerprint density at radius 1 is 1.28 bits per heavy atom. The van der Waals surface area contributed by atoms with E-state index in [1.165, 1.54) is 49.3 Å². The highest BCUT2D eigenvalue weighted by atomic mass is 32.2. The maximum absolute atomic E-state index is 12.9. The van der Waals surface area contributed by atoms with Crippen LogP contribution >= 0.6 is 34.9 Å². The third kappa shape index (κ3) is 3.41. The van der Waals surface area contributed by atoms with Crippen LogP contribution in [0.5, 0.6) is 0 Å². The highest BCUT2D eigenvalue weighted by molar-refractivity contribution is 8.01. The lowest BCUT2D eigenvalue weighted by atomic mass is 9.91. The number of carbonyl (C=O) groups is 3. The van der Waals surface area contributed by atoms with Crippen LogP contribution in [-0.2, 0) is 26.2 Å². The molecule has 1 N–H and O–H groups in total. The van der Waals surface area contributed by atoms with E-state index in [4.69, 9.17) is 4.74 Å². The number of nitrogens with zero attached hydrogens (tertiary/aromatic N) is 8. The minimum absolute atomic E-state index is 0.0513. The molecule has 3 atom stereocenters. The Morgan fingerprint density at radius 2 is 2.09 bits per heavy atom. The molecule has 0 aromatic carbocycles. The van der Waals surface area contributed by atoms with Crippen LogP contribution in [0, 0.1) is 6.92 Å². The smallest absolute Gasteiger partial charge is 0.356 e. The van der Waals surface area contributed by atoms with Crippen molar-refractivity contribution in [2.75, 3.05) is 18.1 Å². The van der Waals surface area contributed by atoms with Crippen LogP contribution in [0.15, 0.2) is 21.0 Å². The molecule has 32 heavy (non-hydrogen) atoms. The molecule has 5 rings (SSSR count). The van der Waals surface area contributed by atoms with Crippen molar-refractivity contribution in [3.63, 3.8) is 0 Å². The number of rotatable bonds is 7. The lowest BCUT2D eigenvalue weighted by molar-refractivity contribution is -0.163. The summed E-state index contributed by atoms with van der Waals surface area (Å²) in [5.41, 5.74) is -0.171. The predicted octanol–water partition coefficient (Wildman–Crippen LogP) is -0.629. The topological polar surface area (TPSA) is 157 Å². The summed E-state index contributed by atoms with van der Waals surface area (Å²) in [6.07, 6.45) is -0.488. The molecule has 168 valence electrons. The van der Waals surface area contributed by atoms with Gasteiger partial charge in [0, 0.05) is 7.05 Å². The predicted molar refractivity (Wildman–Crippen MR) is 111 cm³/mol. The minimum atomic E-state index is -1.24. The van der Waals surface area contributed by atoms with E-state index < -0.39 is 30.1 Å². The fourth-order valence-electron chi connectivity index (χ4n) is 3.93. The molecular formula is C16H16N8O5S3. The van der Waals surface area contributed by atoms with E-state index in [0.717, 1.165) is 5.01 Å². The lowest BCUT2D eigenvalue weighted by Gasteiger charge is -2.49. The number of aryl methyl sites for hydroxylation is 2. The first-order valence-corrected chi connectivity index (χ1v) is 12.2. The summed E-state index contributed by atoms with van der Waals surface area (Å²) < 4.78 is 8.14. The quantitative estimate of drug-likeness (QED) is 0.383. The monoisotopic (exact) mass is 496 g/mol. The van der Waals surface area contributed by atoms with Gasteiger partial charge >= 0.3 is 5.97 Å². The highest BCUT2D eigenvalue weighted by Gasteiger charge is 2.65. The van der Waals surface area contributed by atoms with Gasteiger partial charge in [0.25, 0.3) is 5.91 Å². The number of amides is 2. The Morgan fingerprint density at radius 3 is 2.75 bits per heavy atom. The Hall–Kier alpha value is -2.72. The van der Waals surface area contributed by atoms with Crippen LogP contribution in [-0.4, -0.2) is 99.3 Å². The number of ether oxygens (including phenoxy) is 1. The summed E-state index contributed by atoms with van der Waals surface area (Å²) in [5.74, 6) is -1.48. The second kappa shape index (κ2) is 8.00. The van der Waals surface area contributed by atoms with Crippen LogP contribution in [0.2, 0.25) is 0 Å². The summed E-state index contributed by atoms with van der Waals surface area (Å²) in [5, 5.41) is 30.1. The zero-order valence-electron chi connectivity index (χ0n) is 16.7. The van der Waals surface area contributed by atoms with Crippen LogP contribution in [0.4, 0.5) is 0 Å². The summed E-state index contributed by atoms with van der Waals surface area (Å²) >= 11 is 3.85. The van der Waals surface area contributed by atoms with Gasteiger partial charge in [0.1, 0.15) is 29.0 Å². The molecule has 2 aromatic heterocycles. The number of likely N-dealkylation sites (tertiary alicyclic amines) is 1. The number of aliphatic carboxylic acids is 1. The third-order valence-electron chi connectivity index (χ3n) is 5.27. The first kappa shape index (κ1) is 21.1. The molecule has 0 unspecified atom stereocenters. The summed E-state index contributed by atoms with van der Waals surface area (Å²) in [4.78, 5) is 40.4. The fraction of sp³-hybridized carbons (Fsp3) is 0.500. The van der Waals surface area contributed by atoms with E-state index in [9.17, 15) is 19.5 Å². The van der Waals surface area contributed by atoms with Crippen molar-refractivity contribution in [3.8, 4) is 0 Å². The maximum atomic E-state index is 12.9. The van der Waals surface area contributed by atoms with E-state index in [1.54, 1.807) is 7.05 Å². The number of aromatic nitrogens is 6. The normalized spacial score (nSPS) is 23.8. The molecule has 2 aromatic rings. The van der Waals surface area contributed by atoms with Gasteiger partial charge in [-0.3, -0.25) is 14.5 Å². The van der Waals surface area contributed by atoms with Gasteiger partial charge in [-0.05, 0) is 17.4 Å². The van der Waals surface area contributed by atoms with E-state index in [-0.39, 0.29) is 35.4 Å². The van der Waals surface area contributed by atoms with E-state index in [0.29, 0.717) is 9.50 Å². The Bertz CT molecular complexity index is 1150. The van der Waals surface area contributed by atoms with Crippen molar-refractivity contribution in [2.24, 2.45) is 7.05 Å². The molecule has 0 bridgehead atoms. The summed E-state index contributed by atoms with van der Waals surface area (Å²) in [7, 11) is 1.67. The second-order valence-corrected chi connectivity index (χ2v) is 10.5. The SMILES string of the molecule is Cc1nnc(SCC2=C(C(=O)O)N3C(=O)[C@@H]4[C@H]3[C@@H](CN4C(=O)CSc3nnnn3C)O2)s1. The number of hydrogen-bond acceptors (Lipinski definition) is 12. The van der Waals surface area contributed by atoms with Crippen LogP contribution in [0.3, 0.4) is 0 Å². The number of β-lactam (4-membered cyclic amide) rings is 1. The van der Waals surface area contributed by atoms with Crippen LogP contribution in [0.1, 0.15) is 5.01 Å². The number of carboxylic acid groups (broad SMARTS) is 1. The lowest BCUT2D eigenvalue weighted by Crippen LogP contribution is -2.70. The van der Waals surface area contributed by atoms with Crippen molar-refractivity contribution in [1.29, 1.82) is 0 Å². The molecular weight excluding hydrogens is 480 g/mol. The summed E-state index contributed by atoms with van der Waals surface area (Å²) in [6.45, 7) is 2.03. The van der Waals surface area contributed by atoms with E-state index in [2.05, 4.69) is 25.7 Å². The molecule has 13 nitrogen and oxygen atoms in total. The first-order chi connectivity index (χ1) is 15.3. The van der Waals surface area contributed by atoms with Crippen molar-refractivity contribution in [3.05, 3.63) is 16.5 Å². The molecule has 0 radical (unpaired) electrons. The van der Waals surface area contributed by atoms with Gasteiger partial charge in [-0.25, -0.2) is 9.48 Å². The average Bonchev–Trinajstić information content (AvgIpc) is 3.46. The largest absolute Gasteiger partial charge is 0.487 e. The van der Waals surface area contributed by atoms with Gasteiger partial charge in [0.15, 0.2) is 10.0 Å². The standard InChI is InChI=1S/C16H16N8O5S3/c1-6-17-19-16(32-6)31-4-8-11(14(27)28)24-10-7(29-8)3-23(12(10)13(24)26)9(25)5-30-15-18-20-21-22(15)2/h7,10,12H,3-5H2,1-2H3,(H,27,28)/t7-,10-,12+/m1/s1. The number of thioether (sulfide) groups is 2. The van der Waals surface area contributed by atoms with Gasteiger partial charge in [0.2, 0.25) is 11.1 Å². The molecule has 5 heterocycles. The number of carboxylic acids is 1. The Kier molecular flexibility index (Phi) is 5.29. The van der Waals surface area contributed by atoms with E-state index >= 15 is 0 Å². The molecule has 0 aliphatic carbocycles. The molecule has 3 aliphatic heterocycles. The van der Waals surface area contributed by atoms with Crippen LogP contribution in [0.25, 0.3) is 0 Å². The number of tetrazole rings is 1. The van der Waals surface area contributed by atoms with Crippen molar-refractivity contribution in [2.45, 2.75) is 34.6 Å². The van der Waals surface area contributed by atoms with Crippen LogP contribution < -0.4 is 0 Å². The number of carbonyl (C=O) groups excluding carboxylic acids is 2. The Labute approximate surface area is 193 Å². The molecule has 2 amide bonds. The van der Waals surface area contributed by atoms with Gasteiger partial charge in [-0.15, -0.1) is 15.3 Å². The molecule has 3 aliphatic rings. The highest BCUT2D eigenvalue weighted by Crippen LogP contribution is 2.44. The fourth-order valence-corrected chi connectivity index (χ4v) is 6.42. The van der Waals surface area contributed by atoms with Gasteiger partial charge in [-0.2, -0.15) is 0 Å². The van der Waals surface area contributed by atoms with Crippen molar-refractivity contribution in [1.82, 2.24) is 40.2 Å². The molecule has 16 heteroatoms. The van der Waals surface area contributed by atoms with E-state index in [1.807, 2.05) is 6.92 Å². The minimum Gasteiger partial charge on any atom is -0.487 e. The summed E-state index contributed by atoms with van der Waals surface area (Å²) in [6, 6.07) is -1.23. The van der Waals surface area contributed by atoms with Crippen molar-refractivity contribution < 1.29 is 24.2 Å². The average molecular weight is 497 g/mol. The van der Waals surface area contributed by atoms with Crippen molar-refractivity contribution >= 4 is 52.6 Å².